The lowest BCUT2D eigenvalue weighted by Crippen LogP contribution is -2.10. The Kier molecular flexibility index (Phi) is 3.55. The first-order chi connectivity index (χ1) is 8.18. The van der Waals surface area contributed by atoms with Gasteiger partial charge in [-0.15, -0.1) is 11.3 Å². The SMILES string of the molecule is Cc1ccsc1C=NNc1cn[nH]c(=O)c1Cl. The number of rotatable bonds is 3. The maximum atomic E-state index is 11.1. The highest BCUT2D eigenvalue weighted by Gasteiger charge is 2.03. The lowest BCUT2D eigenvalue weighted by molar-refractivity contribution is 0.987. The van der Waals surface area contributed by atoms with Crippen molar-refractivity contribution >= 4 is 34.8 Å². The summed E-state index contributed by atoms with van der Waals surface area (Å²) in [6.07, 6.45) is 3.08. The van der Waals surface area contributed by atoms with E-state index >= 15 is 0 Å². The van der Waals surface area contributed by atoms with Gasteiger partial charge < -0.3 is 0 Å². The smallest absolute Gasteiger partial charge is 0.275 e. The summed E-state index contributed by atoms with van der Waals surface area (Å²) in [4.78, 5) is 12.2. The van der Waals surface area contributed by atoms with Gasteiger partial charge in [-0.25, -0.2) is 5.10 Å². The molecular formula is C10H9ClN4OS. The van der Waals surface area contributed by atoms with E-state index in [4.69, 9.17) is 11.6 Å². The Morgan fingerprint density at radius 1 is 1.65 bits per heavy atom. The van der Waals surface area contributed by atoms with Crippen molar-refractivity contribution in [2.45, 2.75) is 6.92 Å². The number of H-pyrrole nitrogens is 1. The van der Waals surface area contributed by atoms with Crippen LogP contribution < -0.4 is 11.0 Å². The van der Waals surface area contributed by atoms with E-state index in [0.717, 1.165) is 10.4 Å². The summed E-state index contributed by atoms with van der Waals surface area (Å²) in [5, 5.41) is 11.9. The summed E-state index contributed by atoms with van der Waals surface area (Å²) < 4.78 is 0. The highest BCUT2D eigenvalue weighted by Crippen LogP contribution is 2.15. The van der Waals surface area contributed by atoms with Crippen molar-refractivity contribution in [3.63, 3.8) is 0 Å². The lowest BCUT2D eigenvalue weighted by atomic mass is 10.3. The van der Waals surface area contributed by atoms with Crippen molar-refractivity contribution in [3.8, 4) is 0 Å². The standard InChI is InChI=1S/C10H9ClN4OS/c1-6-2-3-17-8(6)5-13-14-7-4-12-15-10(16)9(7)11/h2-5H,1H3,(H2,14,15,16). The van der Waals surface area contributed by atoms with Crippen LogP contribution in [0.4, 0.5) is 5.69 Å². The number of anilines is 1. The van der Waals surface area contributed by atoms with Gasteiger partial charge in [-0.3, -0.25) is 10.2 Å². The Labute approximate surface area is 106 Å². The van der Waals surface area contributed by atoms with E-state index in [1.54, 1.807) is 17.6 Å². The second-order valence-corrected chi connectivity index (χ2v) is 4.59. The zero-order chi connectivity index (χ0) is 12.3. The van der Waals surface area contributed by atoms with Gasteiger partial charge >= 0.3 is 0 Å². The summed E-state index contributed by atoms with van der Waals surface area (Å²) in [6, 6.07) is 2.01. The van der Waals surface area contributed by atoms with Crippen LogP contribution in [0.1, 0.15) is 10.4 Å². The molecule has 88 valence electrons. The van der Waals surface area contributed by atoms with Gasteiger partial charge in [-0.05, 0) is 23.9 Å². The molecule has 0 spiro atoms. The maximum Gasteiger partial charge on any atom is 0.285 e. The molecule has 0 unspecified atom stereocenters. The molecule has 0 radical (unpaired) electrons. The second-order valence-electron chi connectivity index (χ2n) is 3.26. The lowest BCUT2D eigenvalue weighted by Gasteiger charge is -1.99. The highest BCUT2D eigenvalue weighted by atomic mass is 35.5. The molecule has 0 aliphatic rings. The van der Waals surface area contributed by atoms with Crippen molar-refractivity contribution in [1.82, 2.24) is 10.2 Å². The summed E-state index contributed by atoms with van der Waals surface area (Å²) in [6.45, 7) is 2.00. The molecule has 0 bridgehead atoms. The van der Waals surface area contributed by atoms with E-state index in [0.29, 0.717) is 5.69 Å². The van der Waals surface area contributed by atoms with E-state index in [1.165, 1.54) is 6.20 Å². The van der Waals surface area contributed by atoms with Crippen molar-refractivity contribution in [1.29, 1.82) is 0 Å². The third-order valence-electron chi connectivity index (χ3n) is 2.06. The molecule has 0 saturated carbocycles. The van der Waals surface area contributed by atoms with E-state index in [2.05, 4.69) is 20.7 Å². The van der Waals surface area contributed by atoms with Crippen LogP contribution in [0, 0.1) is 6.92 Å². The number of aromatic amines is 1. The van der Waals surface area contributed by atoms with Gasteiger partial charge in [0.25, 0.3) is 5.56 Å². The zero-order valence-corrected chi connectivity index (χ0v) is 10.5. The molecule has 17 heavy (non-hydrogen) atoms. The third kappa shape index (κ3) is 2.72. The molecule has 0 aromatic carbocycles. The van der Waals surface area contributed by atoms with Gasteiger partial charge in [0.05, 0.1) is 12.4 Å². The molecule has 2 aromatic heterocycles. The molecule has 0 aliphatic carbocycles. The van der Waals surface area contributed by atoms with E-state index in [9.17, 15) is 4.79 Å². The van der Waals surface area contributed by atoms with E-state index in [1.807, 2.05) is 18.4 Å². The molecule has 0 atom stereocenters. The van der Waals surface area contributed by atoms with E-state index in [-0.39, 0.29) is 5.02 Å². The van der Waals surface area contributed by atoms with Gasteiger partial charge in [0.1, 0.15) is 10.7 Å². The molecule has 5 nitrogen and oxygen atoms in total. The molecule has 0 amide bonds. The van der Waals surface area contributed by atoms with Crippen LogP contribution >= 0.6 is 22.9 Å². The van der Waals surface area contributed by atoms with Gasteiger partial charge in [0.15, 0.2) is 0 Å². The number of thiophene rings is 1. The number of nitrogens with one attached hydrogen (secondary N) is 2. The molecule has 2 N–H and O–H groups in total. The molecule has 2 rings (SSSR count). The minimum absolute atomic E-state index is 0.0417. The van der Waals surface area contributed by atoms with Crippen LogP contribution in [0.2, 0.25) is 5.02 Å². The van der Waals surface area contributed by atoms with Gasteiger partial charge in [0, 0.05) is 4.88 Å². The minimum Gasteiger partial charge on any atom is -0.275 e. The monoisotopic (exact) mass is 268 g/mol. The molecule has 2 heterocycles. The molecule has 0 fully saturated rings. The fourth-order valence-corrected chi connectivity index (χ4v) is 2.06. The van der Waals surface area contributed by atoms with Crippen LogP contribution in [-0.2, 0) is 0 Å². The minimum atomic E-state index is -0.445. The number of aromatic nitrogens is 2. The summed E-state index contributed by atoms with van der Waals surface area (Å²) in [5.41, 5.74) is 3.76. The van der Waals surface area contributed by atoms with Crippen LogP contribution in [0.15, 0.2) is 27.5 Å². The first-order valence-electron chi connectivity index (χ1n) is 4.75. The predicted molar refractivity (Wildman–Crippen MR) is 70.1 cm³/mol. The van der Waals surface area contributed by atoms with Crippen molar-refractivity contribution in [2.75, 3.05) is 5.43 Å². The molecule has 7 heteroatoms. The second kappa shape index (κ2) is 5.11. The van der Waals surface area contributed by atoms with Crippen LogP contribution in [0.3, 0.4) is 0 Å². The Morgan fingerprint density at radius 3 is 3.18 bits per heavy atom. The quantitative estimate of drug-likeness (QED) is 0.662. The number of aryl methyl sites for hydroxylation is 1. The average Bonchev–Trinajstić information content (AvgIpc) is 2.71. The summed E-state index contributed by atoms with van der Waals surface area (Å²) in [7, 11) is 0. The zero-order valence-electron chi connectivity index (χ0n) is 8.90. The fraction of sp³-hybridized carbons (Fsp3) is 0.100. The largest absolute Gasteiger partial charge is 0.285 e. The number of nitrogens with zero attached hydrogens (tertiary/aromatic N) is 2. The summed E-state index contributed by atoms with van der Waals surface area (Å²) >= 11 is 7.35. The Morgan fingerprint density at radius 2 is 2.47 bits per heavy atom. The Bertz CT molecular complexity index is 604. The number of hydrazone groups is 1. The maximum absolute atomic E-state index is 11.1. The van der Waals surface area contributed by atoms with Crippen LogP contribution in [0.25, 0.3) is 0 Å². The topological polar surface area (TPSA) is 70.1 Å². The number of hydrogen-bond acceptors (Lipinski definition) is 5. The highest BCUT2D eigenvalue weighted by molar-refractivity contribution is 7.11. The third-order valence-corrected chi connectivity index (χ3v) is 3.39. The molecular weight excluding hydrogens is 260 g/mol. The molecule has 2 aromatic rings. The van der Waals surface area contributed by atoms with Crippen molar-refractivity contribution < 1.29 is 0 Å². The Balaban J connectivity index is 2.13. The normalized spacial score (nSPS) is 10.9. The van der Waals surface area contributed by atoms with Gasteiger partial charge in [-0.2, -0.15) is 10.2 Å². The van der Waals surface area contributed by atoms with Gasteiger partial charge in [-0.1, -0.05) is 11.6 Å². The number of hydrogen-bond donors (Lipinski definition) is 2. The molecule has 0 aliphatic heterocycles. The first-order valence-corrected chi connectivity index (χ1v) is 6.00. The summed E-state index contributed by atoms with van der Waals surface area (Å²) in [5.74, 6) is 0. The first kappa shape index (κ1) is 11.8. The fourth-order valence-electron chi connectivity index (χ4n) is 1.14. The predicted octanol–water partition coefficient (Wildman–Crippen LogP) is 2.24. The van der Waals surface area contributed by atoms with Crippen molar-refractivity contribution in [2.24, 2.45) is 5.10 Å². The number of halogens is 1. The van der Waals surface area contributed by atoms with Gasteiger partial charge in [0.2, 0.25) is 0 Å². The average molecular weight is 269 g/mol. The van der Waals surface area contributed by atoms with Crippen LogP contribution in [0.5, 0.6) is 0 Å². The van der Waals surface area contributed by atoms with Crippen LogP contribution in [-0.4, -0.2) is 16.4 Å². The Hall–Kier alpha value is -1.66. The molecule has 0 saturated heterocycles. The van der Waals surface area contributed by atoms with E-state index < -0.39 is 5.56 Å². The van der Waals surface area contributed by atoms with Crippen molar-refractivity contribution in [3.05, 3.63) is 43.5 Å².